The van der Waals surface area contributed by atoms with Crippen LogP contribution in [0.5, 0.6) is 23.0 Å². The first kappa shape index (κ1) is 35.0. The molecular weight excluding hydrogens is 598 g/mol. The van der Waals surface area contributed by atoms with Gasteiger partial charge in [-0.15, -0.1) is 0 Å². The Morgan fingerprint density at radius 3 is 2.00 bits per heavy atom. The molecule has 0 aliphatic rings. The van der Waals surface area contributed by atoms with Crippen molar-refractivity contribution in [3.8, 4) is 23.0 Å². The maximum absolute atomic E-state index is 14.2. The molecule has 2 atom stereocenters. The number of carbonyl (C=O) groups is 2. The van der Waals surface area contributed by atoms with Crippen LogP contribution >= 0.6 is 0 Å². The minimum atomic E-state index is -4.32. The molecule has 3 aromatic rings. The highest BCUT2D eigenvalue weighted by Crippen LogP contribution is 2.33. The van der Waals surface area contributed by atoms with E-state index >= 15 is 0 Å². The average Bonchev–Trinajstić information content (AvgIpc) is 3.05. The van der Waals surface area contributed by atoms with Gasteiger partial charge in [-0.25, -0.2) is 8.42 Å². The van der Waals surface area contributed by atoms with E-state index in [4.69, 9.17) is 18.9 Å². The second kappa shape index (κ2) is 16.0. The average molecular weight is 642 g/mol. The Balaban J connectivity index is 2.07. The third-order valence-corrected chi connectivity index (χ3v) is 9.11. The molecule has 45 heavy (non-hydrogen) atoms. The third-order valence-electron chi connectivity index (χ3n) is 7.34. The Kier molecular flexibility index (Phi) is 12.5. The molecule has 0 spiro atoms. The number of amides is 2. The van der Waals surface area contributed by atoms with Crippen molar-refractivity contribution in [2.75, 3.05) is 38.8 Å². The van der Waals surface area contributed by atoms with Crippen molar-refractivity contribution < 1.29 is 37.0 Å². The maximum Gasteiger partial charge on any atom is 0.264 e. The number of anilines is 1. The molecule has 12 heteroatoms. The molecule has 0 saturated carbocycles. The van der Waals surface area contributed by atoms with Crippen molar-refractivity contribution in [2.24, 2.45) is 0 Å². The van der Waals surface area contributed by atoms with Crippen LogP contribution < -0.4 is 28.6 Å². The summed E-state index contributed by atoms with van der Waals surface area (Å²) in [6.07, 6.45) is 0.708. The molecule has 0 bridgehead atoms. The van der Waals surface area contributed by atoms with Crippen LogP contribution in [0.3, 0.4) is 0 Å². The van der Waals surface area contributed by atoms with Crippen LogP contribution in [-0.2, 0) is 26.2 Å². The van der Waals surface area contributed by atoms with Crippen LogP contribution in [0.2, 0.25) is 0 Å². The van der Waals surface area contributed by atoms with E-state index in [1.807, 2.05) is 20.8 Å². The van der Waals surface area contributed by atoms with Crippen molar-refractivity contribution in [2.45, 2.75) is 57.6 Å². The first-order valence-electron chi connectivity index (χ1n) is 14.7. The van der Waals surface area contributed by atoms with E-state index < -0.39 is 28.5 Å². The Labute approximate surface area is 266 Å². The zero-order valence-electron chi connectivity index (χ0n) is 26.9. The molecule has 2 amide bonds. The standard InChI is InChI=1S/C33H43N3O8S/c1-8-23(3)34-33(38)24(4)35(21-25-10-14-27(41-5)15-11-25)32(37)22-36(26-12-16-28(17-13-26)44-9-2)45(39,40)29-18-19-30(42-6)31(20-29)43-7/h10-20,23-24H,8-9,21-22H2,1-7H3,(H,34,38)/t23-,24-/m0/s1. The molecule has 3 aromatic carbocycles. The van der Waals surface area contributed by atoms with E-state index in [9.17, 15) is 18.0 Å². The second-order valence-electron chi connectivity index (χ2n) is 10.3. The van der Waals surface area contributed by atoms with Gasteiger partial charge in [-0.1, -0.05) is 19.1 Å². The van der Waals surface area contributed by atoms with Gasteiger partial charge in [-0.3, -0.25) is 13.9 Å². The van der Waals surface area contributed by atoms with Gasteiger partial charge >= 0.3 is 0 Å². The van der Waals surface area contributed by atoms with Crippen LogP contribution in [0.4, 0.5) is 5.69 Å². The summed E-state index contributed by atoms with van der Waals surface area (Å²) in [7, 11) is 0.0912. The van der Waals surface area contributed by atoms with E-state index in [0.29, 0.717) is 30.3 Å². The van der Waals surface area contributed by atoms with Crippen molar-refractivity contribution in [1.82, 2.24) is 10.2 Å². The lowest BCUT2D eigenvalue weighted by Gasteiger charge is -2.32. The van der Waals surface area contributed by atoms with Gasteiger partial charge in [0.25, 0.3) is 10.0 Å². The van der Waals surface area contributed by atoms with Crippen LogP contribution in [0.15, 0.2) is 71.6 Å². The highest BCUT2D eigenvalue weighted by atomic mass is 32.2. The summed E-state index contributed by atoms with van der Waals surface area (Å²) >= 11 is 0. The molecule has 0 saturated heterocycles. The Morgan fingerprint density at radius 1 is 0.822 bits per heavy atom. The number of carbonyl (C=O) groups excluding carboxylic acids is 2. The largest absolute Gasteiger partial charge is 0.497 e. The molecule has 11 nitrogen and oxygen atoms in total. The number of sulfonamides is 1. The number of benzene rings is 3. The molecule has 0 aromatic heterocycles. The highest BCUT2D eigenvalue weighted by Gasteiger charge is 2.33. The molecular formula is C33H43N3O8S. The number of ether oxygens (including phenoxy) is 4. The number of hydrogen-bond acceptors (Lipinski definition) is 8. The quantitative estimate of drug-likeness (QED) is 0.240. The number of rotatable bonds is 16. The predicted octanol–water partition coefficient (Wildman–Crippen LogP) is 4.64. The zero-order valence-corrected chi connectivity index (χ0v) is 27.7. The summed E-state index contributed by atoms with van der Waals surface area (Å²) in [6.45, 7) is 7.21. The molecule has 1 N–H and O–H groups in total. The lowest BCUT2D eigenvalue weighted by molar-refractivity contribution is -0.139. The van der Waals surface area contributed by atoms with Gasteiger partial charge < -0.3 is 29.2 Å². The fourth-order valence-corrected chi connectivity index (χ4v) is 5.91. The monoisotopic (exact) mass is 641 g/mol. The lowest BCUT2D eigenvalue weighted by Crippen LogP contribution is -2.52. The van der Waals surface area contributed by atoms with Gasteiger partial charge in [0.2, 0.25) is 11.8 Å². The summed E-state index contributed by atoms with van der Waals surface area (Å²) in [5.41, 5.74) is 0.977. The van der Waals surface area contributed by atoms with Crippen molar-refractivity contribution in [3.05, 3.63) is 72.3 Å². The molecule has 0 unspecified atom stereocenters. The van der Waals surface area contributed by atoms with Crippen molar-refractivity contribution >= 4 is 27.5 Å². The smallest absolute Gasteiger partial charge is 0.264 e. The van der Waals surface area contributed by atoms with Gasteiger partial charge in [0.1, 0.15) is 24.1 Å². The van der Waals surface area contributed by atoms with E-state index in [-0.39, 0.29) is 34.8 Å². The lowest BCUT2D eigenvalue weighted by atomic mass is 10.1. The van der Waals surface area contributed by atoms with Crippen LogP contribution in [0, 0.1) is 0 Å². The van der Waals surface area contributed by atoms with Gasteiger partial charge in [-0.05, 0) is 81.3 Å². The Hall–Kier alpha value is -4.45. The summed E-state index contributed by atoms with van der Waals surface area (Å²) in [6, 6.07) is 16.7. The van der Waals surface area contributed by atoms with Gasteiger partial charge in [0.15, 0.2) is 11.5 Å². The molecule has 3 rings (SSSR count). The minimum Gasteiger partial charge on any atom is -0.497 e. The Bertz CT molecular complexity index is 1530. The number of methoxy groups -OCH3 is 3. The normalized spacial score (nSPS) is 12.4. The topological polar surface area (TPSA) is 124 Å². The van der Waals surface area contributed by atoms with Gasteiger partial charge in [-0.2, -0.15) is 0 Å². The van der Waals surface area contributed by atoms with E-state index in [2.05, 4.69) is 5.32 Å². The van der Waals surface area contributed by atoms with Crippen molar-refractivity contribution in [3.63, 3.8) is 0 Å². The molecule has 0 aliphatic heterocycles. The summed E-state index contributed by atoms with van der Waals surface area (Å²) < 4.78 is 50.9. The van der Waals surface area contributed by atoms with Crippen LogP contribution in [0.1, 0.15) is 39.7 Å². The molecule has 244 valence electrons. The zero-order chi connectivity index (χ0) is 33.1. The number of hydrogen-bond donors (Lipinski definition) is 1. The molecule has 0 aliphatic carbocycles. The van der Waals surface area contributed by atoms with E-state index in [1.165, 1.54) is 37.3 Å². The van der Waals surface area contributed by atoms with Crippen LogP contribution in [0.25, 0.3) is 0 Å². The first-order chi connectivity index (χ1) is 21.5. The fraction of sp³-hybridized carbons (Fsp3) is 0.394. The first-order valence-corrected chi connectivity index (χ1v) is 16.1. The minimum absolute atomic E-state index is 0.0610. The summed E-state index contributed by atoms with van der Waals surface area (Å²) in [5.74, 6) is 0.839. The number of nitrogens with zero attached hydrogens (tertiary/aromatic N) is 2. The summed E-state index contributed by atoms with van der Waals surface area (Å²) in [4.78, 5) is 28.7. The Morgan fingerprint density at radius 2 is 1.44 bits per heavy atom. The third kappa shape index (κ3) is 8.81. The van der Waals surface area contributed by atoms with Crippen molar-refractivity contribution in [1.29, 1.82) is 0 Å². The highest BCUT2D eigenvalue weighted by molar-refractivity contribution is 7.92. The molecule has 0 radical (unpaired) electrons. The SMILES string of the molecule is CCOc1ccc(N(CC(=O)N(Cc2ccc(OC)cc2)[C@@H](C)C(=O)N[C@@H](C)CC)S(=O)(=O)c2ccc(OC)c(OC)c2)cc1. The maximum atomic E-state index is 14.2. The van der Waals surface area contributed by atoms with Crippen LogP contribution in [-0.4, -0.2) is 71.7 Å². The van der Waals surface area contributed by atoms with Gasteiger partial charge in [0.05, 0.1) is 38.5 Å². The molecule has 0 heterocycles. The van der Waals surface area contributed by atoms with E-state index in [0.717, 1.165) is 9.87 Å². The summed E-state index contributed by atoms with van der Waals surface area (Å²) in [5, 5.41) is 2.93. The van der Waals surface area contributed by atoms with Gasteiger partial charge in [0, 0.05) is 18.7 Å². The molecule has 0 fully saturated rings. The van der Waals surface area contributed by atoms with E-state index in [1.54, 1.807) is 62.6 Å². The second-order valence-corrected chi connectivity index (χ2v) is 12.2. The number of nitrogens with one attached hydrogen (secondary N) is 1. The fourth-order valence-electron chi connectivity index (χ4n) is 4.48. The predicted molar refractivity (Wildman–Crippen MR) is 173 cm³/mol.